The van der Waals surface area contributed by atoms with Gasteiger partial charge in [0.15, 0.2) is 0 Å². The molecule has 0 saturated heterocycles. The second-order valence-corrected chi connectivity index (χ2v) is 4.86. The summed E-state index contributed by atoms with van der Waals surface area (Å²) in [5.41, 5.74) is 0.639. The van der Waals surface area contributed by atoms with E-state index in [2.05, 4.69) is 5.32 Å². The van der Waals surface area contributed by atoms with Crippen molar-refractivity contribution in [2.24, 2.45) is 5.92 Å². The molecule has 0 heterocycles. The molecule has 0 spiro atoms. The van der Waals surface area contributed by atoms with E-state index in [0.29, 0.717) is 12.1 Å². The highest BCUT2D eigenvalue weighted by Crippen LogP contribution is 2.33. The predicted octanol–water partition coefficient (Wildman–Crippen LogP) is 2.64. The summed E-state index contributed by atoms with van der Waals surface area (Å²) in [6, 6.07) is 6.15. The van der Waals surface area contributed by atoms with Gasteiger partial charge < -0.3 is 10.4 Å². The Bertz CT molecular complexity index is 352. The molecule has 94 valence electrons. The minimum atomic E-state index is -0.619. The predicted molar refractivity (Wildman–Crippen MR) is 66.2 cm³/mol. The summed E-state index contributed by atoms with van der Waals surface area (Å²) in [7, 11) is 0. The average Bonchev–Trinajstić information content (AvgIpc) is 3.12. The number of aliphatic hydroxyl groups excluding tert-OH is 1. The van der Waals surface area contributed by atoms with Crippen LogP contribution in [0.15, 0.2) is 24.3 Å². The van der Waals surface area contributed by atoms with Crippen LogP contribution < -0.4 is 5.32 Å². The fourth-order valence-corrected chi connectivity index (χ4v) is 1.99. The van der Waals surface area contributed by atoms with Crippen LogP contribution in [0.1, 0.15) is 37.4 Å². The Labute approximate surface area is 102 Å². The molecule has 2 rings (SSSR count). The Morgan fingerprint density at radius 2 is 2.24 bits per heavy atom. The zero-order chi connectivity index (χ0) is 12.1. The maximum absolute atomic E-state index is 12.9. The normalized spacial score (nSPS) is 17.1. The second-order valence-electron chi connectivity index (χ2n) is 4.86. The summed E-state index contributed by atoms with van der Waals surface area (Å²) in [4.78, 5) is 0. The molecule has 1 fully saturated rings. The largest absolute Gasteiger partial charge is 0.387 e. The van der Waals surface area contributed by atoms with Crippen molar-refractivity contribution in [1.29, 1.82) is 0 Å². The van der Waals surface area contributed by atoms with Gasteiger partial charge in [0.2, 0.25) is 0 Å². The minimum absolute atomic E-state index is 0.296. The molecular weight excluding hydrogens is 217 g/mol. The molecule has 0 aliphatic heterocycles. The molecule has 1 saturated carbocycles. The van der Waals surface area contributed by atoms with Crippen molar-refractivity contribution >= 4 is 0 Å². The van der Waals surface area contributed by atoms with E-state index >= 15 is 0 Å². The van der Waals surface area contributed by atoms with Crippen LogP contribution in [0, 0.1) is 11.7 Å². The highest BCUT2D eigenvalue weighted by atomic mass is 19.1. The molecular formula is C14H20FNO. The summed E-state index contributed by atoms with van der Waals surface area (Å²) in [6.07, 6.45) is 4.63. The summed E-state index contributed by atoms with van der Waals surface area (Å²) < 4.78 is 12.9. The third kappa shape index (κ3) is 4.44. The van der Waals surface area contributed by atoms with Gasteiger partial charge in [0, 0.05) is 6.54 Å². The standard InChI is InChI=1S/C14H20FNO/c15-13-5-1-4-12(9-13)14(17)10-16-8-2-3-11-6-7-11/h1,4-5,9,11,14,16-17H,2-3,6-8,10H2. The Balaban J connectivity index is 1.63. The lowest BCUT2D eigenvalue weighted by Crippen LogP contribution is -2.22. The van der Waals surface area contributed by atoms with Crippen LogP contribution in [0.2, 0.25) is 0 Å². The van der Waals surface area contributed by atoms with Gasteiger partial charge in [0.05, 0.1) is 6.10 Å². The molecule has 2 N–H and O–H groups in total. The molecule has 17 heavy (non-hydrogen) atoms. The van der Waals surface area contributed by atoms with Crippen LogP contribution in [0.3, 0.4) is 0 Å². The summed E-state index contributed by atoms with van der Waals surface area (Å²) >= 11 is 0. The van der Waals surface area contributed by atoms with Crippen LogP contribution in [0.4, 0.5) is 4.39 Å². The van der Waals surface area contributed by atoms with E-state index in [1.807, 2.05) is 0 Å². The monoisotopic (exact) mass is 237 g/mol. The van der Waals surface area contributed by atoms with E-state index in [1.165, 1.54) is 37.8 Å². The van der Waals surface area contributed by atoms with E-state index in [9.17, 15) is 9.50 Å². The molecule has 0 amide bonds. The maximum Gasteiger partial charge on any atom is 0.123 e. The first kappa shape index (κ1) is 12.5. The highest BCUT2D eigenvalue weighted by Gasteiger charge is 2.19. The zero-order valence-electron chi connectivity index (χ0n) is 10.0. The number of hydrogen-bond donors (Lipinski definition) is 2. The number of nitrogens with one attached hydrogen (secondary N) is 1. The molecule has 2 nitrogen and oxygen atoms in total. The Kier molecular flexibility index (Phi) is 4.51. The Hall–Kier alpha value is -0.930. The van der Waals surface area contributed by atoms with E-state index in [4.69, 9.17) is 0 Å². The molecule has 1 aromatic rings. The van der Waals surface area contributed by atoms with Crippen LogP contribution in [0.25, 0.3) is 0 Å². The first-order valence-electron chi connectivity index (χ1n) is 6.40. The lowest BCUT2D eigenvalue weighted by atomic mass is 10.1. The lowest BCUT2D eigenvalue weighted by Gasteiger charge is -2.12. The Morgan fingerprint density at radius 1 is 1.41 bits per heavy atom. The third-order valence-corrected chi connectivity index (χ3v) is 3.23. The molecule has 3 heteroatoms. The number of benzene rings is 1. The Morgan fingerprint density at radius 3 is 2.94 bits per heavy atom. The summed E-state index contributed by atoms with van der Waals surface area (Å²) in [5, 5.41) is 13.1. The quantitative estimate of drug-likeness (QED) is 0.714. The highest BCUT2D eigenvalue weighted by molar-refractivity contribution is 5.18. The minimum Gasteiger partial charge on any atom is -0.387 e. The summed E-state index contributed by atoms with van der Waals surface area (Å²) in [6.45, 7) is 1.43. The van der Waals surface area contributed by atoms with Crippen molar-refractivity contribution in [3.05, 3.63) is 35.6 Å². The van der Waals surface area contributed by atoms with Crippen molar-refractivity contribution < 1.29 is 9.50 Å². The van der Waals surface area contributed by atoms with E-state index in [1.54, 1.807) is 12.1 Å². The van der Waals surface area contributed by atoms with Crippen LogP contribution in [-0.2, 0) is 0 Å². The van der Waals surface area contributed by atoms with Crippen molar-refractivity contribution in [3.8, 4) is 0 Å². The zero-order valence-corrected chi connectivity index (χ0v) is 10.0. The molecule has 1 aliphatic carbocycles. The molecule has 1 aromatic carbocycles. The third-order valence-electron chi connectivity index (χ3n) is 3.23. The van der Waals surface area contributed by atoms with Gasteiger partial charge >= 0.3 is 0 Å². The number of hydrogen-bond acceptors (Lipinski definition) is 2. The summed E-state index contributed by atoms with van der Waals surface area (Å²) in [5.74, 6) is 0.667. The van der Waals surface area contributed by atoms with Gasteiger partial charge in [0.25, 0.3) is 0 Å². The second kappa shape index (κ2) is 6.12. The van der Waals surface area contributed by atoms with Gasteiger partial charge in [-0.15, -0.1) is 0 Å². The molecule has 0 bridgehead atoms. The topological polar surface area (TPSA) is 32.3 Å². The fourth-order valence-electron chi connectivity index (χ4n) is 1.99. The molecule has 1 atom stereocenters. The fraction of sp³-hybridized carbons (Fsp3) is 0.571. The van der Waals surface area contributed by atoms with Crippen LogP contribution in [-0.4, -0.2) is 18.2 Å². The van der Waals surface area contributed by atoms with Gasteiger partial charge in [-0.05, 0) is 43.0 Å². The van der Waals surface area contributed by atoms with Gasteiger partial charge in [-0.25, -0.2) is 4.39 Å². The van der Waals surface area contributed by atoms with Crippen molar-refractivity contribution in [2.75, 3.05) is 13.1 Å². The number of rotatable bonds is 7. The van der Waals surface area contributed by atoms with E-state index in [0.717, 1.165) is 12.5 Å². The van der Waals surface area contributed by atoms with Gasteiger partial charge in [-0.2, -0.15) is 0 Å². The van der Waals surface area contributed by atoms with Gasteiger partial charge in [-0.1, -0.05) is 25.0 Å². The smallest absolute Gasteiger partial charge is 0.123 e. The van der Waals surface area contributed by atoms with E-state index < -0.39 is 6.10 Å². The average molecular weight is 237 g/mol. The number of aliphatic hydroxyl groups is 1. The SMILES string of the molecule is OC(CNCCCC1CC1)c1cccc(F)c1. The first-order valence-corrected chi connectivity index (χ1v) is 6.40. The molecule has 0 radical (unpaired) electrons. The molecule has 1 aliphatic rings. The number of halogens is 1. The van der Waals surface area contributed by atoms with Crippen molar-refractivity contribution in [1.82, 2.24) is 5.32 Å². The van der Waals surface area contributed by atoms with Crippen molar-refractivity contribution in [3.63, 3.8) is 0 Å². The van der Waals surface area contributed by atoms with E-state index in [-0.39, 0.29) is 5.82 Å². The lowest BCUT2D eigenvalue weighted by molar-refractivity contribution is 0.174. The van der Waals surface area contributed by atoms with Crippen LogP contribution in [0.5, 0.6) is 0 Å². The molecule has 0 aromatic heterocycles. The van der Waals surface area contributed by atoms with Crippen LogP contribution >= 0.6 is 0 Å². The first-order chi connectivity index (χ1) is 8.25. The van der Waals surface area contributed by atoms with Gasteiger partial charge in [-0.3, -0.25) is 0 Å². The van der Waals surface area contributed by atoms with Gasteiger partial charge in [0.1, 0.15) is 5.82 Å². The maximum atomic E-state index is 12.9. The van der Waals surface area contributed by atoms with Crippen molar-refractivity contribution in [2.45, 2.75) is 31.8 Å². The molecule has 1 unspecified atom stereocenters.